The van der Waals surface area contributed by atoms with Crippen LogP contribution in [-0.2, 0) is 20.4 Å². The van der Waals surface area contributed by atoms with E-state index in [9.17, 15) is 13.2 Å². The SMILES string of the molecule is COc1ccccc1NC(=O)C(C)S(=O)(=O)Cc1coc(-c2cccc(Cl)c2)n1. The van der Waals surface area contributed by atoms with Crippen LogP contribution in [0.3, 0.4) is 0 Å². The third kappa shape index (κ3) is 4.96. The first-order chi connectivity index (χ1) is 13.8. The number of methoxy groups -OCH3 is 1. The Labute approximate surface area is 173 Å². The van der Waals surface area contributed by atoms with Gasteiger partial charge < -0.3 is 14.5 Å². The molecule has 0 aliphatic heterocycles. The number of benzene rings is 2. The molecule has 9 heteroatoms. The molecule has 0 spiro atoms. The van der Waals surface area contributed by atoms with E-state index in [0.29, 0.717) is 22.0 Å². The smallest absolute Gasteiger partial charge is 0.242 e. The standard InChI is InChI=1S/C20H19ClN2O5S/c1-13(19(24)23-17-8-3-4-9-18(17)27-2)29(25,26)12-16-11-28-20(22-16)14-6-5-7-15(21)10-14/h3-11,13H,12H2,1-2H3,(H,23,24). The van der Waals surface area contributed by atoms with Crippen molar-refractivity contribution < 1.29 is 22.4 Å². The minimum absolute atomic E-state index is 0.205. The van der Waals surface area contributed by atoms with Gasteiger partial charge in [-0.1, -0.05) is 29.8 Å². The molecule has 1 aromatic heterocycles. The Balaban J connectivity index is 1.73. The van der Waals surface area contributed by atoms with Crippen LogP contribution in [0.15, 0.2) is 59.2 Å². The van der Waals surface area contributed by atoms with Crippen LogP contribution in [0, 0.1) is 0 Å². The first-order valence-electron chi connectivity index (χ1n) is 8.66. The lowest BCUT2D eigenvalue weighted by Gasteiger charge is -2.14. The van der Waals surface area contributed by atoms with Gasteiger partial charge in [-0.25, -0.2) is 13.4 Å². The van der Waals surface area contributed by atoms with E-state index in [1.165, 1.54) is 20.3 Å². The fraction of sp³-hybridized carbons (Fsp3) is 0.200. The predicted molar refractivity (Wildman–Crippen MR) is 111 cm³/mol. The monoisotopic (exact) mass is 434 g/mol. The average Bonchev–Trinajstić information content (AvgIpc) is 3.15. The van der Waals surface area contributed by atoms with Crippen molar-refractivity contribution in [2.45, 2.75) is 17.9 Å². The fourth-order valence-corrected chi connectivity index (χ4v) is 3.97. The maximum atomic E-state index is 12.7. The summed E-state index contributed by atoms with van der Waals surface area (Å²) in [5, 5.41) is 1.81. The van der Waals surface area contributed by atoms with Crippen LogP contribution in [0.5, 0.6) is 5.75 Å². The molecule has 0 fully saturated rings. The number of para-hydroxylation sites is 2. The van der Waals surface area contributed by atoms with E-state index in [-0.39, 0.29) is 11.6 Å². The summed E-state index contributed by atoms with van der Waals surface area (Å²) < 4.78 is 35.9. The molecule has 0 bridgehead atoms. The summed E-state index contributed by atoms with van der Waals surface area (Å²) >= 11 is 5.95. The molecule has 1 unspecified atom stereocenters. The van der Waals surface area contributed by atoms with Gasteiger partial charge in [0.15, 0.2) is 9.84 Å². The third-order valence-corrected chi connectivity index (χ3v) is 6.47. The summed E-state index contributed by atoms with van der Waals surface area (Å²) in [5.74, 6) is -0.401. The van der Waals surface area contributed by atoms with Gasteiger partial charge in [-0.3, -0.25) is 4.79 Å². The van der Waals surface area contributed by atoms with Crippen molar-refractivity contribution in [2.24, 2.45) is 0 Å². The largest absolute Gasteiger partial charge is 0.495 e. The molecule has 3 aromatic rings. The second-order valence-electron chi connectivity index (χ2n) is 6.29. The first-order valence-corrected chi connectivity index (χ1v) is 10.8. The first kappa shape index (κ1) is 20.9. The Kier molecular flexibility index (Phi) is 6.24. The number of sulfone groups is 1. The Hall–Kier alpha value is -2.84. The van der Waals surface area contributed by atoms with Gasteiger partial charge in [0.05, 0.1) is 24.2 Å². The third-order valence-electron chi connectivity index (χ3n) is 4.25. The number of carbonyl (C=O) groups is 1. The zero-order valence-electron chi connectivity index (χ0n) is 15.8. The van der Waals surface area contributed by atoms with Crippen LogP contribution < -0.4 is 10.1 Å². The van der Waals surface area contributed by atoms with E-state index in [2.05, 4.69) is 10.3 Å². The highest BCUT2D eigenvalue weighted by Crippen LogP contribution is 2.25. The molecule has 0 aliphatic carbocycles. The summed E-state index contributed by atoms with van der Waals surface area (Å²) in [6.45, 7) is 1.33. The molecule has 1 atom stereocenters. The lowest BCUT2D eigenvalue weighted by Crippen LogP contribution is -2.33. The minimum atomic E-state index is -3.83. The number of carbonyl (C=O) groups excluding carboxylic acids is 1. The summed E-state index contributed by atoms with van der Waals surface area (Å²) in [5.41, 5.74) is 1.23. The molecule has 29 heavy (non-hydrogen) atoms. The normalized spacial score (nSPS) is 12.4. The van der Waals surface area contributed by atoms with E-state index in [0.717, 1.165) is 0 Å². The molecule has 0 saturated heterocycles. The van der Waals surface area contributed by atoms with Crippen molar-refractivity contribution in [3.8, 4) is 17.2 Å². The zero-order valence-corrected chi connectivity index (χ0v) is 17.3. The lowest BCUT2D eigenvalue weighted by atomic mass is 10.2. The number of ether oxygens (including phenoxy) is 1. The van der Waals surface area contributed by atoms with Crippen LogP contribution in [0.25, 0.3) is 11.5 Å². The Bertz CT molecular complexity index is 1130. The zero-order chi connectivity index (χ0) is 21.0. The summed E-state index contributed by atoms with van der Waals surface area (Å²) in [7, 11) is -2.37. The molecule has 0 saturated carbocycles. The highest BCUT2D eigenvalue weighted by atomic mass is 35.5. The minimum Gasteiger partial charge on any atom is -0.495 e. The number of oxazole rings is 1. The molecule has 0 radical (unpaired) electrons. The van der Waals surface area contributed by atoms with Gasteiger partial charge in [0.25, 0.3) is 0 Å². The van der Waals surface area contributed by atoms with E-state index in [1.807, 2.05) is 0 Å². The number of hydrogen-bond acceptors (Lipinski definition) is 6. The van der Waals surface area contributed by atoms with E-state index >= 15 is 0 Å². The molecule has 1 N–H and O–H groups in total. The van der Waals surface area contributed by atoms with Crippen molar-refractivity contribution in [3.63, 3.8) is 0 Å². The molecule has 7 nitrogen and oxygen atoms in total. The number of rotatable bonds is 7. The van der Waals surface area contributed by atoms with Crippen molar-refractivity contribution in [2.75, 3.05) is 12.4 Å². The second-order valence-corrected chi connectivity index (χ2v) is 9.05. The predicted octanol–water partition coefficient (Wildman–Crippen LogP) is 3.95. The summed E-state index contributed by atoms with van der Waals surface area (Å²) in [6, 6.07) is 13.6. The molecule has 2 aromatic carbocycles. The van der Waals surface area contributed by atoms with Gasteiger partial charge in [-0.15, -0.1) is 0 Å². The fourth-order valence-electron chi connectivity index (χ4n) is 2.60. The van der Waals surface area contributed by atoms with E-state index < -0.39 is 26.7 Å². The summed E-state index contributed by atoms with van der Waals surface area (Å²) in [4.78, 5) is 16.7. The van der Waals surface area contributed by atoms with Crippen molar-refractivity contribution >= 4 is 33.0 Å². The molecular weight excluding hydrogens is 416 g/mol. The highest BCUT2D eigenvalue weighted by molar-refractivity contribution is 7.92. The van der Waals surface area contributed by atoms with E-state index in [1.54, 1.807) is 48.5 Å². The van der Waals surface area contributed by atoms with Crippen LogP contribution in [0.1, 0.15) is 12.6 Å². The number of hydrogen-bond donors (Lipinski definition) is 1. The highest BCUT2D eigenvalue weighted by Gasteiger charge is 2.30. The Morgan fingerprint density at radius 2 is 2.00 bits per heavy atom. The Morgan fingerprint density at radius 3 is 2.72 bits per heavy atom. The molecule has 1 heterocycles. The number of nitrogens with zero attached hydrogens (tertiary/aromatic N) is 1. The van der Waals surface area contributed by atoms with Crippen LogP contribution in [0.2, 0.25) is 5.02 Å². The number of amides is 1. The van der Waals surface area contributed by atoms with Crippen LogP contribution in [-0.4, -0.2) is 31.7 Å². The Morgan fingerprint density at radius 1 is 1.24 bits per heavy atom. The molecule has 152 valence electrons. The quantitative estimate of drug-likeness (QED) is 0.604. The molecular formula is C20H19ClN2O5S. The van der Waals surface area contributed by atoms with Gasteiger partial charge in [0, 0.05) is 10.6 Å². The van der Waals surface area contributed by atoms with Gasteiger partial charge >= 0.3 is 0 Å². The van der Waals surface area contributed by atoms with Crippen molar-refractivity contribution in [1.29, 1.82) is 0 Å². The number of anilines is 1. The van der Waals surface area contributed by atoms with Crippen molar-refractivity contribution in [3.05, 3.63) is 65.5 Å². The summed E-state index contributed by atoms with van der Waals surface area (Å²) in [6.07, 6.45) is 1.26. The maximum Gasteiger partial charge on any atom is 0.242 e. The maximum absolute atomic E-state index is 12.7. The van der Waals surface area contributed by atoms with Gasteiger partial charge in [-0.05, 0) is 37.3 Å². The van der Waals surface area contributed by atoms with Crippen molar-refractivity contribution in [1.82, 2.24) is 4.98 Å². The lowest BCUT2D eigenvalue weighted by molar-refractivity contribution is -0.115. The van der Waals surface area contributed by atoms with Gasteiger partial charge in [0.2, 0.25) is 11.8 Å². The molecule has 1 amide bonds. The number of aromatic nitrogens is 1. The number of nitrogens with one attached hydrogen (secondary N) is 1. The van der Waals surface area contributed by atoms with Gasteiger partial charge in [0.1, 0.15) is 17.3 Å². The van der Waals surface area contributed by atoms with Gasteiger partial charge in [-0.2, -0.15) is 0 Å². The van der Waals surface area contributed by atoms with Crippen LogP contribution >= 0.6 is 11.6 Å². The number of halogens is 1. The molecule has 3 rings (SSSR count). The average molecular weight is 435 g/mol. The topological polar surface area (TPSA) is 98.5 Å². The second kappa shape index (κ2) is 8.67. The molecule has 0 aliphatic rings. The van der Waals surface area contributed by atoms with E-state index in [4.69, 9.17) is 20.8 Å². The van der Waals surface area contributed by atoms with Crippen LogP contribution in [0.4, 0.5) is 5.69 Å².